The zero-order valence-electron chi connectivity index (χ0n) is 23.2. The van der Waals surface area contributed by atoms with E-state index in [1.165, 1.54) is 37.6 Å². The molecule has 7 rings (SSSR count). The highest BCUT2D eigenvalue weighted by molar-refractivity contribution is 5.92. The van der Waals surface area contributed by atoms with Crippen molar-refractivity contribution in [2.75, 3.05) is 20.6 Å². The maximum atomic E-state index is 12.8. The molecule has 222 valence electrons. The topological polar surface area (TPSA) is 206 Å². The van der Waals surface area contributed by atoms with Crippen LogP contribution in [0.2, 0.25) is 0 Å². The van der Waals surface area contributed by atoms with Crippen LogP contribution in [0.4, 0.5) is 0 Å². The lowest BCUT2D eigenvalue weighted by Gasteiger charge is -2.11. The molecule has 6 aromatic rings. The third-order valence-corrected chi connectivity index (χ3v) is 6.37. The Bertz CT molecular complexity index is 1990. The molecule has 1 atom stereocenters. The number of hydrogen-bond donors (Lipinski definition) is 1. The number of nitrogens with zero attached hydrogens (tertiary/aromatic N) is 7. The van der Waals surface area contributed by atoms with Gasteiger partial charge in [0.05, 0.1) is 19.0 Å². The van der Waals surface area contributed by atoms with Gasteiger partial charge in [0, 0.05) is 6.42 Å². The Balaban J connectivity index is 1.25. The van der Waals surface area contributed by atoms with E-state index < -0.39 is 11.8 Å². The maximum Gasteiger partial charge on any atom is 0.273 e. The molecule has 16 heteroatoms. The lowest BCUT2D eigenvalue weighted by atomic mass is 10.0. The van der Waals surface area contributed by atoms with Crippen molar-refractivity contribution < 1.29 is 36.1 Å². The number of carbonyl (C=O) groups excluding carboxylic acids is 2. The highest BCUT2D eigenvalue weighted by Gasteiger charge is 2.24. The molecule has 16 nitrogen and oxygen atoms in total. The highest BCUT2D eigenvalue weighted by atomic mass is 16.4. The molecular weight excluding hydrogens is 576 g/mol. The third kappa shape index (κ3) is 5.48. The first-order valence-electron chi connectivity index (χ1n) is 13.2. The molecular formula is C28H22N8O8. The Labute approximate surface area is 246 Å². The van der Waals surface area contributed by atoms with Gasteiger partial charge < -0.3 is 36.7 Å². The largest absolute Gasteiger partial charge is 0.447 e. The fourth-order valence-electron chi connectivity index (χ4n) is 4.36. The number of likely N-dealkylation sites (N-methyl/N-ethyl adjacent to an activating group) is 1. The summed E-state index contributed by atoms with van der Waals surface area (Å²) in [6.45, 7) is 0.209. The molecule has 0 aliphatic carbocycles. The molecule has 0 saturated carbocycles. The molecule has 0 fully saturated rings. The zero-order valence-corrected chi connectivity index (χ0v) is 23.2. The Kier molecular flexibility index (Phi) is 6.78. The van der Waals surface area contributed by atoms with Crippen molar-refractivity contribution in [3.63, 3.8) is 0 Å². The van der Waals surface area contributed by atoms with Crippen molar-refractivity contribution in [1.29, 1.82) is 0 Å². The van der Waals surface area contributed by atoms with Crippen LogP contribution in [0.5, 0.6) is 0 Å². The minimum atomic E-state index is -0.538. The van der Waals surface area contributed by atoms with Gasteiger partial charge in [-0.25, -0.2) is 29.9 Å². The third-order valence-electron chi connectivity index (χ3n) is 6.37. The van der Waals surface area contributed by atoms with Gasteiger partial charge in [-0.1, -0.05) is 6.08 Å². The lowest BCUT2D eigenvalue weighted by Crippen LogP contribution is -2.23. The summed E-state index contributed by atoms with van der Waals surface area (Å²) in [5.41, 5.74) is 1.64. The number of ketones is 1. The predicted octanol–water partition coefficient (Wildman–Crippen LogP) is 3.84. The van der Waals surface area contributed by atoms with Crippen LogP contribution in [0.15, 0.2) is 70.2 Å². The number of allylic oxidation sites excluding steroid dienone is 1. The Morgan fingerprint density at radius 2 is 1.32 bits per heavy atom. The molecule has 0 saturated heterocycles. The number of amides is 1. The Morgan fingerprint density at radius 3 is 2.05 bits per heavy atom. The van der Waals surface area contributed by atoms with Crippen LogP contribution in [0.25, 0.3) is 52.4 Å². The lowest BCUT2D eigenvalue weighted by molar-refractivity contribution is -0.119. The molecule has 1 aliphatic heterocycles. The summed E-state index contributed by atoms with van der Waals surface area (Å²) in [7, 11) is 3.63. The number of hydrogen-bond acceptors (Lipinski definition) is 15. The summed E-state index contributed by atoms with van der Waals surface area (Å²) in [6, 6.07) is 0. The van der Waals surface area contributed by atoms with E-state index >= 15 is 0 Å². The fourth-order valence-corrected chi connectivity index (χ4v) is 4.36. The summed E-state index contributed by atoms with van der Waals surface area (Å²) in [5.74, 6) is -0.0527. The van der Waals surface area contributed by atoms with Gasteiger partial charge in [-0.3, -0.25) is 9.59 Å². The molecule has 44 heavy (non-hydrogen) atoms. The molecule has 1 unspecified atom stereocenters. The molecule has 7 heterocycles. The molecule has 0 radical (unpaired) electrons. The van der Waals surface area contributed by atoms with Crippen LogP contribution in [-0.2, 0) is 11.3 Å². The second-order valence-electron chi connectivity index (χ2n) is 10.0. The molecule has 1 amide bonds. The summed E-state index contributed by atoms with van der Waals surface area (Å²) in [5, 5.41) is 2.66. The van der Waals surface area contributed by atoms with E-state index in [0.717, 1.165) is 0 Å². The first-order chi connectivity index (χ1) is 21.4. The van der Waals surface area contributed by atoms with E-state index in [4.69, 9.17) is 26.5 Å². The number of carbonyl (C=O) groups is 2. The molecule has 1 aliphatic rings. The first kappa shape index (κ1) is 27.0. The highest BCUT2D eigenvalue weighted by Crippen LogP contribution is 2.29. The smallest absolute Gasteiger partial charge is 0.273 e. The first-order valence-corrected chi connectivity index (χ1v) is 13.2. The van der Waals surface area contributed by atoms with Gasteiger partial charge in [0.2, 0.25) is 35.3 Å². The van der Waals surface area contributed by atoms with Gasteiger partial charge >= 0.3 is 0 Å². The molecule has 0 aromatic carbocycles. The number of nitrogens with one attached hydrogen (secondary N) is 1. The van der Waals surface area contributed by atoms with Crippen LogP contribution in [0.1, 0.15) is 40.3 Å². The van der Waals surface area contributed by atoms with Crippen LogP contribution < -0.4 is 5.32 Å². The SMILES string of the molecule is CN(C)CC(=O)CC1/C=C/c2coc(n2)-c2coc(n2)-c2coc(n2)CNC(=O)c2coc(n2)-c2coc(n2)-c2coc1n2. The summed E-state index contributed by atoms with van der Waals surface area (Å²) in [6.07, 6.45) is 11.6. The van der Waals surface area contributed by atoms with E-state index in [9.17, 15) is 9.59 Å². The number of Topliss-reactive ketones (excluding diaryl/α,β-unsaturated/α-hetero) is 1. The normalized spacial score (nSPS) is 15.6. The molecule has 12 bridgehead atoms. The van der Waals surface area contributed by atoms with Gasteiger partial charge in [-0.05, 0) is 20.2 Å². The fraction of sp³-hybridized carbons (Fsp3) is 0.214. The van der Waals surface area contributed by atoms with Crippen molar-refractivity contribution in [1.82, 2.24) is 40.1 Å². The average molecular weight is 599 g/mol. The van der Waals surface area contributed by atoms with Gasteiger partial charge in [0.15, 0.2) is 28.5 Å². The van der Waals surface area contributed by atoms with Gasteiger partial charge in [0.1, 0.15) is 49.1 Å². The summed E-state index contributed by atoms with van der Waals surface area (Å²) in [4.78, 5) is 53.5. The summed E-state index contributed by atoms with van der Waals surface area (Å²) >= 11 is 0. The van der Waals surface area contributed by atoms with E-state index in [-0.39, 0.29) is 72.0 Å². The van der Waals surface area contributed by atoms with E-state index in [1.807, 2.05) is 14.1 Å². The average Bonchev–Trinajstić information content (AvgIpc) is 3.83. The van der Waals surface area contributed by atoms with Crippen LogP contribution in [-0.4, -0.2) is 67.1 Å². The minimum absolute atomic E-state index is 0.00851. The number of oxazole rings is 6. The quantitative estimate of drug-likeness (QED) is 0.306. The van der Waals surface area contributed by atoms with Gasteiger partial charge in [-0.15, -0.1) is 0 Å². The van der Waals surface area contributed by atoms with Crippen molar-refractivity contribution in [3.8, 4) is 46.3 Å². The van der Waals surface area contributed by atoms with Crippen molar-refractivity contribution in [3.05, 3.63) is 66.8 Å². The van der Waals surface area contributed by atoms with Crippen LogP contribution >= 0.6 is 0 Å². The Hall–Kier alpha value is -5.90. The second kappa shape index (κ2) is 11.1. The Morgan fingerprint density at radius 1 is 0.750 bits per heavy atom. The van der Waals surface area contributed by atoms with E-state index in [1.54, 1.807) is 17.1 Å². The zero-order chi connectivity index (χ0) is 30.2. The van der Waals surface area contributed by atoms with Crippen molar-refractivity contribution >= 4 is 17.8 Å². The standard InChI is InChI=1S/C28H22N8O8/c1-36(2)7-16(37)5-14-3-4-15-8-40-25(30-15)19-12-43-26(34-19)18-10-39-22(31-18)6-29-23(38)17-9-42-27(32-17)21-13-44-28(35-21)20-11-41-24(14)33-20/h3-4,8-14H,5-7H2,1-2H3,(H,29,38)/b4-3+. The molecule has 0 spiro atoms. The van der Waals surface area contributed by atoms with Crippen LogP contribution in [0, 0.1) is 0 Å². The van der Waals surface area contributed by atoms with Crippen molar-refractivity contribution in [2.24, 2.45) is 0 Å². The van der Waals surface area contributed by atoms with E-state index in [2.05, 4.69) is 35.2 Å². The monoisotopic (exact) mass is 598 g/mol. The van der Waals surface area contributed by atoms with E-state index in [0.29, 0.717) is 22.8 Å². The van der Waals surface area contributed by atoms with Crippen molar-refractivity contribution in [2.45, 2.75) is 18.9 Å². The number of aromatic nitrogens is 6. The van der Waals surface area contributed by atoms with Gasteiger partial charge in [-0.2, -0.15) is 0 Å². The molecule has 6 aromatic heterocycles. The second-order valence-corrected chi connectivity index (χ2v) is 10.0. The maximum absolute atomic E-state index is 12.8. The minimum Gasteiger partial charge on any atom is -0.447 e. The number of rotatable bonds is 4. The summed E-state index contributed by atoms with van der Waals surface area (Å²) < 4.78 is 33.4. The predicted molar refractivity (Wildman–Crippen MR) is 146 cm³/mol. The van der Waals surface area contributed by atoms with Gasteiger partial charge in [0.25, 0.3) is 5.91 Å². The number of fused-ring (bicyclic) bond motifs is 16. The van der Waals surface area contributed by atoms with Crippen LogP contribution in [0.3, 0.4) is 0 Å². The molecule has 1 N–H and O–H groups in total.